The summed E-state index contributed by atoms with van der Waals surface area (Å²) in [5.41, 5.74) is 5.71. The molecule has 3 aromatic rings. The molecule has 0 aliphatic heterocycles. The van der Waals surface area contributed by atoms with Crippen molar-refractivity contribution in [2.45, 2.75) is 19.3 Å². The summed E-state index contributed by atoms with van der Waals surface area (Å²) in [6, 6.07) is 22.8. The maximum atomic E-state index is 3.23. The zero-order valence-electron chi connectivity index (χ0n) is 11.2. The topological polar surface area (TPSA) is 0 Å². The first-order chi connectivity index (χ1) is 9.19. The first kappa shape index (κ1) is 10.8. The lowest BCUT2D eigenvalue weighted by molar-refractivity contribution is 0.666. The molecule has 0 saturated heterocycles. The lowest BCUT2D eigenvalue weighted by Crippen LogP contribution is -2.15. The molecule has 1 aliphatic rings. The number of hydrogen-bond donors (Lipinski definition) is 0. The lowest BCUT2D eigenvalue weighted by atomic mass is 9.80. The van der Waals surface area contributed by atoms with E-state index < -0.39 is 0 Å². The van der Waals surface area contributed by atoms with Crippen LogP contribution < -0.4 is 0 Å². The average molecular weight is 243 g/mol. The number of benzene rings is 3. The van der Waals surface area contributed by atoms with E-state index in [0.717, 1.165) is 0 Å². The molecular formula is C19H15. The van der Waals surface area contributed by atoms with Gasteiger partial charge in [0.25, 0.3) is 0 Å². The minimum Gasteiger partial charge on any atom is -0.0619 e. The van der Waals surface area contributed by atoms with Gasteiger partial charge in [-0.15, -0.1) is 0 Å². The Morgan fingerprint density at radius 2 is 1.74 bits per heavy atom. The predicted octanol–water partition coefficient (Wildman–Crippen LogP) is 4.95. The molecule has 1 aliphatic carbocycles. The van der Waals surface area contributed by atoms with Gasteiger partial charge in [-0.2, -0.15) is 0 Å². The fourth-order valence-corrected chi connectivity index (χ4v) is 3.50. The molecule has 0 bridgehead atoms. The Labute approximate surface area is 113 Å². The molecule has 19 heavy (non-hydrogen) atoms. The van der Waals surface area contributed by atoms with Crippen LogP contribution in [-0.2, 0) is 5.41 Å². The minimum atomic E-state index is 0.0701. The molecule has 0 heteroatoms. The Bertz CT molecular complexity index is 794. The van der Waals surface area contributed by atoms with Gasteiger partial charge in [0.2, 0.25) is 0 Å². The maximum Gasteiger partial charge on any atom is 0.0165 e. The van der Waals surface area contributed by atoms with Gasteiger partial charge in [0.1, 0.15) is 0 Å². The third-order valence-corrected chi connectivity index (χ3v) is 4.38. The van der Waals surface area contributed by atoms with E-state index in [0.29, 0.717) is 0 Å². The van der Waals surface area contributed by atoms with Crippen molar-refractivity contribution in [1.29, 1.82) is 0 Å². The van der Waals surface area contributed by atoms with E-state index >= 15 is 0 Å². The molecule has 0 fully saturated rings. The summed E-state index contributed by atoms with van der Waals surface area (Å²) in [7, 11) is 0. The highest BCUT2D eigenvalue weighted by molar-refractivity contribution is 5.97. The Kier molecular flexibility index (Phi) is 1.98. The second-order valence-electron chi connectivity index (χ2n) is 5.81. The van der Waals surface area contributed by atoms with Gasteiger partial charge in [0.15, 0.2) is 0 Å². The molecule has 91 valence electrons. The fourth-order valence-electron chi connectivity index (χ4n) is 3.50. The SMILES string of the molecule is CC1(C)c2ccccc2-c2ccc3cc[c]cc3c21. The summed E-state index contributed by atoms with van der Waals surface area (Å²) in [5.74, 6) is 0. The van der Waals surface area contributed by atoms with E-state index in [9.17, 15) is 0 Å². The van der Waals surface area contributed by atoms with E-state index in [-0.39, 0.29) is 5.41 Å². The average Bonchev–Trinajstić information content (AvgIpc) is 2.68. The molecule has 0 aromatic heterocycles. The van der Waals surface area contributed by atoms with Crippen molar-refractivity contribution >= 4 is 10.8 Å². The van der Waals surface area contributed by atoms with Crippen molar-refractivity contribution in [2.24, 2.45) is 0 Å². The summed E-state index contributed by atoms with van der Waals surface area (Å²) in [5, 5.41) is 2.64. The number of rotatable bonds is 0. The second kappa shape index (κ2) is 3.48. The van der Waals surface area contributed by atoms with E-state index in [4.69, 9.17) is 0 Å². The van der Waals surface area contributed by atoms with Crippen LogP contribution in [0.15, 0.2) is 54.6 Å². The zero-order valence-corrected chi connectivity index (χ0v) is 11.2. The summed E-state index contributed by atoms with van der Waals surface area (Å²) in [6.07, 6.45) is 0. The van der Waals surface area contributed by atoms with Gasteiger partial charge in [-0.05, 0) is 45.2 Å². The van der Waals surface area contributed by atoms with Gasteiger partial charge in [-0.1, -0.05) is 62.4 Å². The van der Waals surface area contributed by atoms with E-state index in [1.165, 1.54) is 33.0 Å². The monoisotopic (exact) mass is 243 g/mol. The van der Waals surface area contributed by atoms with Crippen molar-refractivity contribution in [3.63, 3.8) is 0 Å². The molecule has 1 radical (unpaired) electrons. The van der Waals surface area contributed by atoms with Crippen LogP contribution in [-0.4, -0.2) is 0 Å². The molecule has 0 N–H and O–H groups in total. The minimum absolute atomic E-state index is 0.0701. The molecule has 4 rings (SSSR count). The molecule has 0 heterocycles. The first-order valence-corrected chi connectivity index (χ1v) is 6.73. The van der Waals surface area contributed by atoms with Gasteiger partial charge in [-0.3, -0.25) is 0 Å². The highest BCUT2D eigenvalue weighted by Crippen LogP contribution is 2.50. The van der Waals surface area contributed by atoms with E-state index in [1.807, 2.05) is 6.07 Å². The van der Waals surface area contributed by atoms with Crippen molar-refractivity contribution in [2.75, 3.05) is 0 Å². The smallest absolute Gasteiger partial charge is 0.0165 e. The maximum absolute atomic E-state index is 3.23. The van der Waals surface area contributed by atoms with Crippen LogP contribution >= 0.6 is 0 Å². The van der Waals surface area contributed by atoms with Gasteiger partial charge < -0.3 is 0 Å². The summed E-state index contributed by atoms with van der Waals surface area (Å²) < 4.78 is 0. The molecule has 0 unspecified atom stereocenters. The van der Waals surface area contributed by atoms with Gasteiger partial charge in [-0.25, -0.2) is 0 Å². The van der Waals surface area contributed by atoms with Gasteiger partial charge in [0, 0.05) is 5.41 Å². The molecular weight excluding hydrogens is 228 g/mol. The summed E-state index contributed by atoms with van der Waals surface area (Å²) in [4.78, 5) is 0. The van der Waals surface area contributed by atoms with Crippen LogP contribution in [0.25, 0.3) is 21.9 Å². The number of hydrogen-bond acceptors (Lipinski definition) is 0. The van der Waals surface area contributed by atoms with Crippen molar-refractivity contribution in [3.8, 4) is 11.1 Å². The van der Waals surface area contributed by atoms with Crippen LogP contribution in [0.4, 0.5) is 0 Å². The fraction of sp³-hybridized carbons (Fsp3) is 0.158. The molecule has 0 spiro atoms. The van der Waals surface area contributed by atoms with Crippen LogP contribution in [0.1, 0.15) is 25.0 Å². The molecule has 0 nitrogen and oxygen atoms in total. The molecule has 0 amide bonds. The van der Waals surface area contributed by atoms with Gasteiger partial charge >= 0.3 is 0 Å². The highest BCUT2D eigenvalue weighted by Gasteiger charge is 2.36. The standard InChI is InChI=1S/C19H15/c1-19(2)17-10-6-5-9-15(17)16-12-11-13-7-3-4-8-14(13)18(16)19/h3,5-12H,1-2H3. The van der Waals surface area contributed by atoms with Crippen LogP contribution in [0.5, 0.6) is 0 Å². The van der Waals surface area contributed by atoms with Crippen LogP contribution in [0, 0.1) is 6.07 Å². The Morgan fingerprint density at radius 3 is 2.63 bits per heavy atom. The molecule has 0 saturated carbocycles. The third kappa shape index (κ3) is 1.29. The summed E-state index contributed by atoms with van der Waals surface area (Å²) >= 11 is 0. The van der Waals surface area contributed by atoms with Gasteiger partial charge in [0.05, 0.1) is 0 Å². The Hall–Kier alpha value is -2.08. The number of fused-ring (bicyclic) bond motifs is 5. The molecule has 0 atom stereocenters. The lowest BCUT2D eigenvalue weighted by Gasteiger charge is -2.23. The second-order valence-corrected chi connectivity index (χ2v) is 5.81. The largest absolute Gasteiger partial charge is 0.0619 e. The molecule has 3 aromatic carbocycles. The van der Waals surface area contributed by atoms with Crippen molar-refractivity contribution in [3.05, 3.63) is 71.8 Å². The van der Waals surface area contributed by atoms with Crippen molar-refractivity contribution in [1.82, 2.24) is 0 Å². The summed E-state index contributed by atoms with van der Waals surface area (Å²) in [6.45, 7) is 4.65. The van der Waals surface area contributed by atoms with Crippen LogP contribution in [0.3, 0.4) is 0 Å². The first-order valence-electron chi connectivity index (χ1n) is 6.73. The Balaban J connectivity index is 2.20. The normalized spacial score (nSPS) is 15.3. The highest BCUT2D eigenvalue weighted by atomic mass is 14.4. The zero-order chi connectivity index (χ0) is 13.0. The quantitative estimate of drug-likeness (QED) is 0.524. The predicted molar refractivity (Wildman–Crippen MR) is 80.3 cm³/mol. The van der Waals surface area contributed by atoms with Crippen molar-refractivity contribution < 1.29 is 0 Å². The Morgan fingerprint density at radius 1 is 0.895 bits per heavy atom. The van der Waals surface area contributed by atoms with Crippen LogP contribution in [0.2, 0.25) is 0 Å². The van der Waals surface area contributed by atoms with E-state index in [1.54, 1.807) is 0 Å². The van der Waals surface area contributed by atoms with E-state index in [2.05, 4.69) is 68.4 Å². The third-order valence-electron chi connectivity index (χ3n) is 4.38.